The molecular weight excluding hydrogens is 781 g/mol. The zero-order chi connectivity index (χ0) is 46.3. The summed E-state index contributed by atoms with van der Waals surface area (Å²) in [6.07, 6.45) is 49.5. The topological polar surface area (TPSA) is 78.9 Å². The number of carbonyl (C=O) groups is 3. The van der Waals surface area contributed by atoms with Crippen molar-refractivity contribution >= 4 is 17.9 Å². The first kappa shape index (κ1) is 61.4. The minimum atomic E-state index is -0.763. The normalized spacial score (nSPS) is 12.6. The zero-order valence-electron chi connectivity index (χ0n) is 43.4. The van der Waals surface area contributed by atoms with Crippen molar-refractivity contribution < 1.29 is 28.6 Å². The van der Waals surface area contributed by atoms with Crippen LogP contribution in [0.3, 0.4) is 0 Å². The van der Waals surface area contributed by atoms with Gasteiger partial charge in [0.15, 0.2) is 6.10 Å². The van der Waals surface area contributed by atoms with E-state index in [1.807, 2.05) is 0 Å². The number of hydrogen-bond donors (Lipinski definition) is 0. The van der Waals surface area contributed by atoms with Gasteiger partial charge in [0.05, 0.1) is 0 Å². The number of carbonyl (C=O) groups excluding carboxylic acids is 3. The zero-order valence-corrected chi connectivity index (χ0v) is 43.4. The lowest BCUT2D eigenvalue weighted by Gasteiger charge is -2.18. The maximum absolute atomic E-state index is 12.8. The second-order valence-electron chi connectivity index (χ2n) is 20.8. The molecule has 0 saturated heterocycles. The van der Waals surface area contributed by atoms with Gasteiger partial charge in [0.2, 0.25) is 0 Å². The highest BCUT2D eigenvalue weighted by Crippen LogP contribution is 2.18. The van der Waals surface area contributed by atoms with Crippen LogP contribution in [-0.2, 0) is 28.6 Å². The summed E-state index contributed by atoms with van der Waals surface area (Å²) in [6, 6.07) is 0. The van der Waals surface area contributed by atoms with E-state index in [1.54, 1.807) is 0 Å². The molecule has 374 valence electrons. The van der Waals surface area contributed by atoms with E-state index in [0.717, 1.165) is 75.5 Å². The molecule has 0 heterocycles. The molecule has 0 aromatic heterocycles. The largest absolute Gasteiger partial charge is 0.462 e. The van der Waals surface area contributed by atoms with Crippen LogP contribution in [-0.4, -0.2) is 37.2 Å². The molecule has 0 amide bonds. The molecule has 0 fully saturated rings. The van der Waals surface area contributed by atoms with Crippen LogP contribution in [0.1, 0.15) is 311 Å². The summed E-state index contributed by atoms with van der Waals surface area (Å²) in [4.78, 5) is 38.1. The third-order valence-corrected chi connectivity index (χ3v) is 13.3. The fourth-order valence-corrected chi connectivity index (χ4v) is 8.61. The minimum absolute atomic E-state index is 0.0642. The van der Waals surface area contributed by atoms with E-state index in [0.29, 0.717) is 19.3 Å². The van der Waals surface area contributed by atoms with Gasteiger partial charge >= 0.3 is 17.9 Å². The average molecular weight is 892 g/mol. The Bertz CT molecular complexity index is 978. The van der Waals surface area contributed by atoms with Gasteiger partial charge in [-0.15, -0.1) is 0 Å². The van der Waals surface area contributed by atoms with Gasteiger partial charge in [-0.3, -0.25) is 14.4 Å². The second kappa shape index (κ2) is 48.3. The summed E-state index contributed by atoms with van der Waals surface area (Å²) < 4.78 is 16.9. The standard InChI is InChI=1S/C57H110O6/c1-7-53(6)45-39-33-27-23-24-30-36-42-48-57(60)63-54(50-62-56(59)47-41-35-29-22-18-14-16-20-26-32-38-44-52(4)5)49-61-55(58)46-40-34-28-21-17-13-11-9-8-10-12-15-19-25-31-37-43-51(2)3/h51-54H,7-50H2,1-6H3/t53?,54-/m0/s1. The molecule has 0 rings (SSSR count). The third-order valence-electron chi connectivity index (χ3n) is 13.3. The highest BCUT2D eigenvalue weighted by atomic mass is 16.6. The molecule has 0 aliphatic carbocycles. The van der Waals surface area contributed by atoms with Gasteiger partial charge in [-0.25, -0.2) is 0 Å². The summed E-state index contributed by atoms with van der Waals surface area (Å²) in [5.41, 5.74) is 0. The predicted molar refractivity (Wildman–Crippen MR) is 270 cm³/mol. The van der Waals surface area contributed by atoms with E-state index in [1.165, 1.54) is 193 Å². The molecule has 0 radical (unpaired) electrons. The fraction of sp³-hybridized carbons (Fsp3) is 0.947. The van der Waals surface area contributed by atoms with Crippen LogP contribution in [0.4, 0.5) is 0 Å². The molecule has 0 bridgehead atoms. The molecule has 0 saturated carbocycles. The van der Waals surface area contributed by atoms with Crippen molar-refractivity contribution in [1.29, 1.82) is 0 Å². The molecule has 6 heteroatoms. The van der Waals surface area contributed by atoms with Gasteiger partial charge in [-0.05, 0) is 37.0 Å². The lowest BCUT2D eigenvalue weighted by molar-refractivity contribution is -0.167. The molecule has 1 unspecified atom stereocenters. The van der Waals surface area contributed by atoms with E-state index in [-0.39, 0.29) is 31.1 Å². The van der Waals surface area contributed by atoms with Crippen molar-refractivity contribution in [3.63, 3.8) is 0 Å². The van der Waals surface area contributed by atoms with Crippen LogP contribution in [0.15, 0.2) is 0 Å². The van der Waals surface area contributed by atoms with E-state index in [9.17, 15) is 14.4 Å². The van der Waals surface area contributed by atoms with Crippen molar-refractivity contribution in [2.24, 2.45) is 17.8 Å². The number of ether oxygens (including phenoxy) is 3. The van der Waals surface area contributed by atoms with E-state index >= 15 is 0 Å². The van der Waals surface area contributed by atoms with Crippen molar-refractivity contribution in [3.05, 3.63) is 0 Å². The highest BCUT2D eigenvalue weighted by Gasteiger charge is 2.19. The minimum Gasteiger partial charge on any atom is -0.462 e. The second-order valence-corrected chi connectivity index (χ2v) is 20.8. The fourth-order valence-electron chi connectivity index (χ4n) is 8.61. The smallest absolute Gasteiger partial charge is 0.306 e. The van der Waals surface area contributed by atoms with E-state index in [4.69, 9.17) is 14.2 Å². The number of hydrogen-bond acceptors (Lipinski definition) is 6. The summed E-state index contributed by atoms with van der Waals surface area (Å²) >= 11 is 0. The SMILES string of the molecule is CCC(C)CCCCCCCCCCC(=O)O[C@@H](COC(=O)CCCCCCCCCCCCCCCCCCC(C)C)COC(=O)CCCCCCCCCCCCCC(C)C. The van der Waals surface area contributed by atoms with Crippen LogP contribution in [0.2, 0.25) is 0 Å². The van der Waals surface area contributed by atoms with Crippen LogP contribution in [0, 0.1) is 17.8 Å². The van der Waals surface area contributed by atoms with Crippen molar-refractivity contribution in [3.8, 4) is 0 Å². The first-order valence-electron chi connectivity index (χ1n) is 28.1. The van der Waals surface area contributed by atoms with Crippen LogP contribution >= 0.6 is 0 Å². The molecule has 0 N–H and O–H groups in total. The molecule has 0 aromatic rings. The Morgan fingerprint density at radius 2 is 0.556 bits per heavy atom. The van der Waals surface area contributed by atoms with Gasteiger partial charge in [0.25, 0.3) is 0 Å². The molecule has 63 heavy (non-hydrogen) atoms. The predicted octanol–water partition coefficient (Wildman–Crippen LogP) is 18.3. The van der Waals surface area contributed by atoms with E-state index in [2.05, 4.69) is 41.5 Å². The lowest BCUT2D eigenvalue weighted by atomic mass is 9.99. The van der Waals surface area contributed by atoms with Gasteiger partial charge in [0, 0.05) is 19.3 Å². The summed E-state index contributed by atoms with van der Waals surface area (Å²) in [5, 5.41) is 0. The first-order valence-corrected chi connectivity index (χ1v) is 28.1. The molecule has 0 aliphatic rings. The highest BCUT2D eigenvalue weighted by molar-refractivity contribution is 5.71. The molecule has 0 aromatic carbocycles. The lowest BCUT2D eigenvalue weighted by Crippen LogP contribution is -2.30. The third kappa shape index (κ3) is 49.7. The van der Waals surface area contributed by atoms with E-state index < -0.39 is 6.10 Å². The van der Waals surface area contributed by atoms with Crippen LogP contribution < -0.4 is 0 Å². The van der Waals surface area contributed by atoms with Gasteiger partial charge in [-0.1, -0.05) is 273 Å². The van der Waals surface area contributed by atoms with Gasteiger partial charge < -0.3 is 14.2 Å². The first-order chi connectivity index (χ1) is 30.6. The Kier molecular flexibility index (Phi) is 47.1. The van der Waals surface area contributed by atoms with Crippen LogP contribution in [0.25, 0.3) is 0 Å². The Hall–Kier alpha value is -1.59. The van der Waals surface area contributed by atoms with Crippen molar-refractivity contribution in [1.82, 2.24) is 0 Å². The van der Waals surface area contributed by atoms with Crippen LogP contribution in [0.5, 0.6) is 0 Å². The Balaban J connectivity index is 4.27. The number of esters is 3. The average Bonchev–Trinajstić information content (AvgIpc) is 3.25. The van der Waals surface area contributed by atoms with Crippen molar-refractivity contribution in [2.45, 2.75) is 317 Å². The molecular formula is C57H110O6. The number of unbranched alkanes of at least 4 members (excludes halogenated alkanes) is 32. The Labute approximate surface area is 393 Å². The summed E-state index contributed by atoms with van der Waals surface area (Å²) in [5.74, 6) is 1.68. The number of rotatable bonds is 50. The van der Waals surface area contributed by atoms with Gasteiger partial charge in [0.1, 0.15) is 13.2 Å². The molecule has 0 spiro atoms. The molecule has 0 aliphatic heterocycles. The summed E-state index contributed by atoms with van der Waals surface area (Å²) in [7, 11) is 0. The Morgan fingerprint density at radius 1 is 0.317 bits per heavy atom. The molecule has 2 atom stereocenters. The molecule has 6 nitrogen and oxygen atoms in total. The maximum Gasteiger partial charge on any atom is 0.306 e. The van der Waals surface area contributed by atoms with Gasteiger partial charge in [-0.2, -0.15) is 0 Å². The van der Waals surface area contributed by atoms with Crippen molar-refractivity contribution in [2.75, 3.05) is 13.2 Å². The maximum atomic E-state index is 12.8. The monoisotopic (exact) mass is 891 g/mol. The quantitative estimate of drug-likeness (QED) is 0.0344. The Morgan fingerprint density at radius 3 is 0.825 bits per heavy atom. The summed E-state index contributed by atoms with van der Waals surface area (Å²) in [6.45, 7) is 13.8.